The van der Waals surface area contributed by atoms with Crippen molar-refractivity contribution in [1.29, 1.82) is 0 Å². The Labute approximate surface area is 88.9 Å². The van der Waals surface area contributed by atoms with E-state index in [4.69, 9.17) is 12.2 Å². The molecular formula is C9H16N4S. The standard InChI is InChI=1S/C9H16N4S/c1-12(2)8-10-11-9(14)13(8)7-5-3-4-6-7/h7H,3-6H2,1-2H3,(H,11,14). The molecule has 5 heteroatoms. The van der Waals surface area contributed by atoms with Crippen LogP contribution in [0, 0.1) is 4.77 Å². The smallest absolute Gasteiger partial charge is 0.225 e. The molecule has 0 unspecified atom stereocenters. The van der Waals surface area contributed by atoms with E-state index in [0.717, 1.165) is 10.7 Å². The van der Waals surface area contributed by atoms with Crippen LogP contribution in [-0.2, 0) is 0 Å². The Hall–Kier alpha value is -0.840. The highest BCUT2D eigenvalue weighted by molar-refractivity contribution is 7.71. The van der Waals surface area contributed by atoms with Crippen molar-refractivity contribution in [1.82, 2.24) is 14.8 Å². The Morgan fingerprint density at radius 1 is 1.43 bits per heavy atom. The van der Waals surface area contributed by atoms with Crippen LogP contribution in [0.3, 0.4) is 0 Å². The maximum absolute atomic E-state index is 5.25. The molecule has 0 radical (unpaired) electrons. The number of aromatic nitrogens is 3. The maximum atomic E-state index is 5.25. The minimum atomic E-state index is 0.554. The van der Waals surface area contributed by atoms with Gasteiger partial charge >= 0.3 is 0 Å². The molecule has 0 atom stereocenters. The van der Waals surface area contributed by atoms with Gasteiger partial charge in [0.1, 0.15) is 0 Å². The second-order valence-electron chi connectivity index (χ2n) is 4.03. The number of nitrogens with zero attached hydrogens (tertiary/aromatic N) is 3. The molecule has 0 aromatic carbocycles. The van der Waals surface area contributed by atoms with Gasteiger partial charge in [0.05, 0.1) is 0 Å². The lowest BCUT2D eigenvalue weighted by Crippen LogP contribution is -2.17. The van der Waals surface area contributed by atoms with Crippen molar-refractivity contribution in [2.45, 2.75) is 31.7 Å². The molecule has 0 saturated heterocycles. The fraction of sp³-hybridized carbons (Fsp3) is 0.778. The molecule has 78 valence electrons. The molecule has 0 aliphatic heterocycles. The van der Waals surface area contributed by atoms with E-state index in [-0.39, 0.29) is 0 Å². The number of aromatic amines is 1. The van der Waals surface area contributed by atoms with Crippen LogP contribution in [0.15, 0.2) is 0 Å². The number of nitrogens with one attached hydrogen (secondary N) is 1. The maximum Gasteiger partial charge on any atom is 0.225 e. The number of H-pyrrole nitrogens is 1. The third kappa shape index (κ3) is 1.56. The zero-order valence-corrected chi connectivity index (χ0v) is 9.47. The molecule has 1 aromatic rings. The average molecular weight is 212 g/mol. The molecule has 2 rings (SSSR count). The van der Waals surface area contributed by atoms with Crippen molar-refractivity contribution in [3.8, 4) is 0 Å². The molecule has 1 aliphatic carbocycles. The molecule has 1 heterocycles. The van der Waals surface area contributed by atoms with Gasteiger partial charge in [0.25, 0.3) is 0 Å². The van der Waals surface area contributed by atoms with E-state index in [1.165, 1.54) is 25.7 Å². The fourth-order valence-electron chi connectivity index (χ4n) is 2.10. The predicted molar refractivity (Wildman–Crippen MR) is 59.2 cm³/mol. The Morgan fingerprint density at radius 3 is 2.64 bits per heavy atom. The van der Waals surface area contributed by atoms with Gasteiger partial charge in [-0.25, -0.2) is 5.10 Å². The highest BCUT2D eigenvalue weighted by Gasteiger charge is 2.21. The van der Waals surface area contributed by atoms with E-state index < -0.39 is 0 Å². The second-order valence-corrected chi connectivity index (χ2v) is 4.42. The summed E-state index contributed by atoms with van der Waals surface area (Å²) < 4.78 is 2.91. The molecular weight excluding hydrogens is 196 g/mol. The molecule has 1 saturated carbocycles. The lowest BCUT2D eigenvalue weighted by Gasteiger charge is -2.17. The van der Waals surface area contributed by atoms with Crippen molar-refractivity contribution < 1.29 is 0 Å². The number of anilines is 1. The van der Waals surface area contributed by atoms with Crippen LogP contribution < -0.4 is 4.90 Å². The number of rotatable bonds is 2. The molecule has 14 heavy (non-hydrogen) atoms. The van der Waals surface area contributed by atoms with Gasteiger partial charge in [0.2, 0.25) is 5.95 Å². The van der Waals surface area contributed by atoms with Gasteiger partial charge in [-0.15, -0.1) is 5.10 Å². The van der Waals surface area contributed by atoms with E-state index in [2.05, 4.69) is 14.8 Å². The summed E-state index contributed by atoms with van der Waals surface area (Å²) in [6.07, 6.45) is 5.08. The quantitative estimate of drug-likeness (QED) is 0.763. The van der Waals surface area contributed by atoms with Gasteiger partial charge in [-0.1, -0.05) is 12.8 Å². The zero-order valence-electron chi connectivity index (χ0n) is 8.66. The van der Waals surface area contributed by atoms with Gasteiger partial charge in [0.15, 0.2) is 4.77 Å². The third-order valence-corrected chi connectivity index (χ3v) is 3.06. The van der Waals surface area contributed by atoms with Crippen LogP contribution in [0.5, 0.6) is 0 Å². The summed E-state index contributed by atoms with van der Waals surface area (Å²) in [6.45, 7) is 0. The Bertz CT molecular complexity index is 359. The van der Waals surface area contributed by atoms with Crippen molar-refractivity contribution in [3.63, 3.8) is 0 Å². The summed E-state index contributed by atoms with van der Waals surface area (Å²) >= 11 is 5.25. The first-order chi connectivity index (χ1) is 6.70. The van der Waals surface area contributed by atoms with E-state index in [0.29, 0.717) is 6.04 Å². The Morgan fingerprint density at radius 2 is 2.07 bits per heavy atom. The number of hydrogen-bond acceptors (Lipinski definition) is 3. The fourth-order valence-corrected chi connectivity index (χ4v) is 2.38. The summed E-state index contributed by atoms with van der Waals surface area (Å²) in [5.74, 6) is 0.946. The van der Waals surface area contributed by atoms with E-state index in [9.17, 15) is 0 Å². The third-order valence-electron chi connectivity index (χ3n) is 2.78. The summed E-state index contributed by atoms with van der Waals surface area (Å²) in [5, 5.41) is 7.10. The molecule has 1 N–H and O–H groups in total. The largest absolute Gasteiger partial charge is 0.347 e. The first-order valence-corrected chi connectivity index (χ1v) is 5.45. The van der Waals surface area contributed by atoms with Crippen molar-refractivity contribution in [2.75, 3.05) is 19.0 Å². The van der Waals surface area contributed by atoms with Crippen LogP contribution in [0.1, 0.15) is 31.7 Å². The summed E-state index contributed by atoms with van der Waals surface area (Å²) in [4.78, 5) is 2.00. The van der Waals surface area contributed by atoms with E-state index >= 15 is 0 Å². The van der Waals surface area contributed by atoms with Crippen molar-refractivity contribution in [3.05, 3.63) is 4.77 Å². The molecule has 4 nitrogen and oxygen atoms in total. The van der Waals surface area contributed by atoms with Gasteiger partial charge in [-0.2, -0.15) is 0 Å². The SMILES string of the molecule is CN(C)c1n[nH]c(=S)n1C1CCCC1. The normalized spacial score (nSPS) is 17.6. The lowest BCUT2D eigenvalue weighted by atomic mass is 10.2. The molecule has 0 amide bonds. The van der Waals surface area contributed by atoms with Gasteiger partial charge in [-0.05, 0) is 25.1 Å². The molecule has 1 aliphatic rings. The Kier molecular flexibility index (Phi) is 2.58. The second kappa shape index (κ2) is 3.73. The molecule has 1 fully saturated rings. The topological polar surface area (TPSA) is 36.9 Å². The predicted octanol–water partition coefficient (Wildman–Crippen LogP) is 2.12. The van der Waals surface area contributed by atoms with Crippen molar-refractivity contribution in [2.24, 2.45) is 0 Å². The first kappa shape index (κ1) is 9.71. The zero-order chi connectivity index (χ0) is 10.1. The molecule has 0 bridgehead atoms. The van der Waals surface area contributed by atoms with Crippen LogP contribution in [0.4, 0.5) is 5.95 Å². The molecule has 0 spiro atoms. The summed E-state index contributed by atoms with van der Waals surface area (Å²) in [5.41, 5.74) is 0. The van der Waals surface area contributed by atoms with E-state index in [1.54, 1.807) is 0 Å². The summed E-state index contributed by atoms with van der Waals surface area (Å²) in [6, 6.07) is 0.554. The van der Waals surface area contributed by atoms with E-state index in [1.807, 2.05) is 19.0 Å². The first-order valence-electron chi connectivity index (χ1n) is 5.04. The van der Waals surface area contributed by atoms with Crippen LogP contribution in [-0.4, -0.2) is 28.9 Å². The monoisotopic (exact) mass is 212 g/mol. The van der Waals surface area contributed by atoms with Crippen LogP contribution in [0.25, 0.3) is 0 Å². The minimum absolute atomic E-state index is 0.554. The van der Waals surface area contributed by atoms with Crippen LogP contribution >= 0.6 is 12.2 Å². The van der Waals surface area contributed by atoms with Gasteiger partial charge < -0.3 is 4.90 Å². The highest BCUT2D eigenvalue weighted by Crippen LogP contribution is 2.32. The lowest BCUT2D eigenvalue weighted by molar-refractivity contribution is 0.512. The minimum Gasteiger partial charge on any atom is -0.347 e. The number of hydrogen-bond donors (Lipinski definition) is 1. The van der Waals surface area contributed by atoms with Gasteiger partial charge in [-0.3, -0.25) is 4.57 Å². The average Bonchev–Trinajstić information content (AvgIpc) is 2.71. The molecule has 1 aromatic heterocycles. The van der Waals surface area contributed by atoms with Gasteiger partial charge in [0, 0.05) is 20.1 Å². The van der Waals surface area contributed by atoms with Crippen LogP contribution in [0.2, 0.25) is 0 Å². The summed E-state index contributed by atoms with van der Waals surface area (Å²) in [7, 11) is 3.99. The van der Waals surface area contributed by atoms with Crippen molar-refractivity contribution >= 4 is 18.2 Å². The highest BCUT2D eigenvalue weighted by atomic mass is 32.1. The Balaban J connectivity index is 2.38.